The van der Waals surface area contributed by atoms with Gasteiger partial charge in [-0.2, -0.15) is 0 Å². The third kappa shape index (κ3) is 3.92. The maximum atomic E-state index is 5.75. The van der Waals surface area contributed by atoms with Crippen LogP contribution < -0.4 is 5.19 Å². The van der Waals surface area contributed by atoms with Crippen molar-refractivity contribution in [1.82, 2.24) is 4.90 Å². The van der Waals surface area contributed by atoms with Crippen molar-refractivity contribution in [3.8, 4) is 0 Å². The Morgan fingerprint density at radius 2 is 1.65 bits per heavy atom. The largest absolute Gasteiger partial charge is 0.394 e. The van der Waals surface area contributed by atoms with E-state index in [1.807, 2.05) is 18.2 Å². The van der Waals surface area contributed by atoms with Crippen LogP contribution in [-0.4, -0.2) is 48.3 Å². The molecule has 1 rings (SSSR count). The minimum atomic E-state index is -2.21. The second-order valence-electron chi connectivity index (χ2n) is 4.43. The van der Waals surface area contributed by atoms with Crippen molar-refractivity contribution in [2.75, 3.05) is 34.9 Å². The van der Waals surface area contributed by atoms with E-state index in [4.69, 9.17) is 8.85 Å². The first-order chi connectivity index (χ1) is 8.14. The van der Waals surface area contributed by atoms with Crippen molar-refractivity contribution in [2.24, 2.45) is 0 Å². The van der Waals surface area contributed by atoms with Crippen LogP contribution in [0.4, 0.5) is 0 Å². The molecular formula is C13H23NO2Si. The number of nitrogens with zero attached hydrogens (tertiary/aromatic N) is 1. The highest BCUT2D eigenvalue weighted by molar-refractivity contribution is 6.81. The Bertz CT molecular complexity index is 312. The van der Waals surface area contributed by atoms with Crippen molar-refractivity contribution >= 4 is 13.7 Å². The lowest BCUT2D eigenvalue weighted by molar-refractivity contribution is 0.254. The van der Waals surface area contributed by atoms with E-state index in [2.05, 4.69) is 31.1 Å². The quantitative estimate of drug-likeness (QED) is 0.689. The van der Waals surface area contributed by atoms with Gasteiger partial charge in [-0.05, 0) is 38.3 Å². The molecule has 17 heavy (non-hydrogen) atoms. The van der Waals surface area contributed by atoms with Crippen molar-refractivity contribution in [3.63, 3.8) is 0 Å². The lowest BCUT2D eigenvalue weighted by Crippen LogP contribution is -2.52. The molecule has 0 aromatic heterocycles. The molecule has 0 saturated carbocycles. The molecule has 0 radical (unpaired) electrons. The summed E-state index contributed by atoms with van der Waals surface area (Å²) in [5, 5.41) is 1.21. The third-order valence-corrected chi connectivity index (χ3v) is 6.53. The third-order valence-electron chi connectivity index (χ3n) is 2.98. The molecule has 1 aromatic carbocycles. The van der Waals surface area contributed by atoms with Crippen molar-refractivity contribution in [2.45, 2.75) is 12.5 Å². The molecule has 0 bridgehead atoms. The fourth-order valence-electron chi connectivity index (χ4n) is 1.99. The van der Waals surface area contributed by atoms with Crippen molar-refractivity contribution < 1.29 is 8.85 Å². The molecule has 0 unspecified atom stereocenters. The summed E-state index contributed by atoms with van der Waals surface area (Å²) in [6.45, 7) is 1.06. The Balaban J connectivity index is 2.75. The van der Waals surface area contributed by atoms with Gasteiger partial charge in [-0.3, -0.25) is 0 Å². The van der Waals surface area contributed by atoms with Crippen LogP contribution in [0.2, 0.25) is 6.04 Å². The predicted octanol–water partition coefficient (Wildman–Crippen LogP) is 1.58. The molecule has 0 heterocycles. The van der Waals surface area contributed by atoms with Crippen LogP contribution in [0.1, 0.15) is 6.42 Å². The van der Waals surface area contributed by atoms with Gasteiger partial charge in [0.25, 0.3) is 0 Å². The summed E-state index contributed by atoms with van der Waals surface area (Å²) in [4.78, 5) is 2.19. The van der Waals surface area contributed by atoms with Crippen LogP contribution in [0.25, 0.3) is 0 Å². The number of hydrogen-bond acceptors (Lipinski definition) is 3. The maximum absolute atomic E-state index is 5.75. The van der Waals surface area contributed by atoms with Crippen LogP contribution in [0.15, 0.2) is 30.3 Å². The van der Waals surface area contributed by atoms with Gasteiger partial charge in [0, 0.05) is 14.2 Å². The lowest BCUT2D eigenvalue weighted by atomic mass is 10.4. The van der Waals surface area contributed by atoms with E-state index in [0.29, 0.717) is 0 Å². The highest BCUT2D eigenvalue weighted by atomic mass is 28.4. The van der Waals surface area contributed by atoms with Gasteiger partial charge in [0.1, 0.15) is 0 Å². The van der Waals surface area contributed by atoms with Crippen molar-refractivity contribution in [1.29, 1.82) is 0 Å². The van der Waals surface area contributed by atoms with Gasteiger partial charge < -0.3 is 13.8 Å². The molecule has 0 spiro atoms. The first-order valence-electron chi connectivity index (χ1n) is 5.95. The first kappa shape index (κ1) is 14.4. The summed E-state index contributed by atoms with van der Waals surface area (Å²) >= 11 is 0. The average Bonchev–Trinajstić information content (AvgIpc) is 2.36. The van der Waals surface area contributed by atoms with Gasteiger partial charge in [0.15, 0.2) is 0 Å². The van der Waals surface area contributed by atoms with Gasteiger partial charge in [-0.15, -0.1) is 0 Å². The number of rotatable bonds is 7. The molecule has 0 saturated heterocycles. The summed E-state index contributed by atoms with van der Waals surface area (Å²) in [5.41, 5.74) is 0. The van der Waals surface area contributed by atoms with Gasteiger partial charge in [-0.1, -0.05) is 30.3 Å². The molecule has 0 aliphatic carbocycles. The Kier molecular flexibility index (Phi) is 5.84. The van der Waals surface area contributed by atoms with Gasteiger partial charge in [-0.25, -0.2) is 0 Å². The zero-order chi connectivity index (χ0) is 12.7. The smallest absolute Gasteiger partial charge is 0.372 e. The standard InChI is InChI=1S/C13H23NO2Si/c1-14(2)11-8-12-17(15-3,16-4)13-9-6-5-7-10-13/h5-7,9-10H,8,11-12H2,1-4H3. The summed E-state index contributed by atoms with van der Waals surface area (Å²) in [5.74, 6) is 0. The van der Waals surface area contributed by atoms with E-state index in [1.54, 1.807) is 14.2 Å². The topological polar surface area (TPSA) is 21.7 Å². The Morgan fingerprint density at radius 1 is 1.06 bits per heavy atom. The highest BCUT2D eigenvalue weighted by Gasteiger charge is 2.37. The summed E-state index contributed by atoms with van der Waals surface area (Å²) in [6, 6.07) is 11.3. The maximum Gasteiger partial charge on any atom is 0.372 e. The molecule has 96 valence electrons. The monoisotopic (exact) mass is 253 g/mol. The van der Waals surface area contributed by atoms with Crippen LogP contribution in [0.3, 0.4) is 0 Å². The zero-order valence-electron chi connectivity index (χ0n) is 11.3. The first-order valence-corrected chi connectivity index (χ1v) is 7.97. The zero-order valence-corrected chi connectivity index (χ0v) is 12.3. The fourth-order valence-corrected chi connectivity index (χ4v) is 4.65. The molecule has 0 N–H and O–H groups in total. The van der Waals surface area contributed by atoms with Crippen LogP contribution in [-0.2, 0) is 8.85 Å². The number of hydrogen-bond donors (Lipinski definition) is 0. The normalized spacial score (nSPS) is 12.1. The van der Waals surface area contributed by atoms with Gasteiger partial charge in [0.05, 0.1) is 0 Å². The molecule has 0 fully saturated rings. The fraction of sp³-hybridized carbons (Fsp3) is 0.538. The van der Waals surface area contributed by atoms with E-state index >= 15 is 0 Å². The van der Waals surface area contributed by atoms with Gasteiger partial charge in [0.2, 0.25) is 0 Å². The van der Waals surface area contributed by atoms with E-state index in [0.717, 1.165) is 19.0 Å². The van der Waals surface area contributed by atoms with Crippen molar-refractivity contribution in [3.05, 3.63) is 30.3 Å². The van der Waals surface area contributed by atoms with Crippen LogP contribution >= 0.6 is 0 Å². The molecule has 1 aromatic rings. The molecular weight excluding hydrogens is 230 g/mol. The highest BCUT2D eigenvalue weighted by Crippen LogP contribution is 2.14. The molecule has 4 heteroatoms. The summed E-state index contributed by atoms with van der Waals surface area (Å²) < 4.78 is 11.5. The van der Waals surface area contributed by atoms with Gasteiger partial charge >= 0.3 is 8.56 Å². The second-order valence-corrected chi connectivity index (χ2v) is 7.83. The van der Waals surface area contributed by atoms with E-state index in [9.17, 15) is 0 Å². The predicted molar refractivity (Wildman–Crippen MR) is 73.8 cm³/mol. The Hall–Kier alpha value is -0.683. The minimum absolute atomic E-state index is 0.988. The summed E-state index contributed by atoms with van der Waals surface area (Å²) in [6.07, 6.45) is 1.09. The molecule has 3 nitrogen and oxygen atoms in total. The van der Waals surface area contributed by atoms with E-state index in [1.165, 1.54) is 5.19 Å². The van der Waals surface area contributed by atoms with Crippen LogP contribution in [0.5, 0.6) is 0 Å². The van der Waals surface area contributed by atoms with E-state index < -0.39 is 8.56 Å². The molecule has 0 amide bonds. The molecule has 0 aliphatic heterocycles. The lowest BCUT2D eigenvalue weighted by Gasteiger charge is -2.28. The minimum Gasteiger partial charge on any atom is -0.394 e. The SMILES string of the molecule is CO[Si](CCCN(C)C)(OC)c1ccccc1. The molecule has 0 aliphatic rings. The Morgan fingerprint density at radius 3 is 2.12 bits per heavy atom. The summed E-state index contributed by atoms with van der Waals surface area (Å²) in [7, 11) is 5.49. The Labute approximate surface area is 106 Å². The van der Waals surface area contributed by atoms with Crippen LogP contribution in [0, 0.1) is 0 Å². The average molecular weight is 253 g/mol. The van der Waals surface area contributed by atoms with E-state index in [-0.39, 0.29) is 0 Å². The number of benzene rings is 1. The second kappa shape index (κ2) is 6.91. The molecule has 0 atom stereocenters.